The van der Waals surface area contributed by atoms with E-state index in [1.54, 1.807) is 0 Å². The highest BCUT2D eigenvalue weighted by Crippen LogP contribution is 2.33. The molecule has 0 aromatic heterocycles. The van der Waals surface area contributed by atoms with Crippen molar-refractivity contribution in [1.29, 1.82) is 0 Å². The average Bonchev–Trinajstić information content (AvgIpc) is 2.66. The number of benzene rings is 2. The standard InChI is InChI=1S/C24H31NO2/c1-18-12-13-19(2)22(17-18)27-16-8-14-24(3,4)23(26)25-15-7-10-20-9-5-6-11-21(20)25/h5-6,9,11-13,17H,7-8,10,14-16H2,1-4H3. The SMILES string of the molecule is Cc1ccc(C)c(OCCCC(C)(C)C(=O)N2CCCc3ccccc32)c1. The number of nitrogens with zero attached hydrogens (tertiary/aromatic N) is 1. The fourth-order valence-corrected chi connectivity index (χ4v) is 3.78. The first-order chi connectivity index (χ1) is 12.9. The molecule has 0 atom stereocenters. The zero-order chi connectivity index (χ0) is 19.4. The van der Waals surface area contributed by atoms with Crippen LogP contribution in [0.1, 0.15) is 49.8 Å². The van der Waals surface area contributed by atoms with Gasteiger partial charge in [0, 0.05) is 17.6 Å². The molecule has 0 bridgehead atoms. The van der Waals surface area contributed by atoms with Crippen LogP contribution in [-0.4, -0.2) is 19.1 Å². The van der Waals surface area contributed by atoms with Gasteiger partial charge in [0.25, 0.3) is 0 Å². The summed E-state index contributed by atoms with van der Waals surface area (Å²) in [6.07, 6.45) is 3.77. The summed E-state index contributed by atoms with van der Waals surface area (Å²) in [6.45, 7) is 9.71. The Kier molecular flexibility index (Phi) is 5.88. The lowest BCUT2D eigenvalue weighted by atomic mass is 9.85. The van der Waals surface area contributed by atoms with Gasteiger partial charge in [0.1, 0.15) is 5.75 Å². The van der Waals surface area contributed by atoms with Gasteiger partial charge in [0.2, 0.25) is 5.91 Å². The number of para-hydroxylation sites is 1. The third-order valence-corrected chi connectivity index (χ3v) is 5.48. The minimum atomic E-state index is -0.393. The maximum atomic E-state index is 13.2. The normalized spacial score (nSPS) is 14.0. The summed E-state index contributed by atoms with van der Waals surface area (Å²) in [5.41, 5.74) is 4.34. The van der Waals surface area contributed by atoms with E-state index < -0.39 is 5.41 Å². The van der Waals surface area contributed by atoms with E-state index in [2.05, 4.69) is 64.1 Å². The Bertz CT molecular complexity index is 810. The van der Waals surface area contributed by atoms with E-state index >= 15 is 0 Å². The number of anilines is 1. The molecule has 0 N–H and O–H groups in total. The second-order valence-electron chi connectivity index (χ2n) is 8.29. The maximum Gasteiger partial charge on any atom is 0.232 e. The number of hydrogen-bond acceptors (Lipinski definition) is 2. The number of hydrogen-bond donors (Lipinski definition) is 0. The summed E-state index contributed by atoms with van der Waals surface area (Å²) < 4.78 is 5.97. The Balaban J connectivity index is 1.58. The zero-order valence-electron chi connectivity index (χ0n) is 17.0. The molecule has 2 aromatic rings. The molecule has 1 heterocycles. The summed E-state index contributed by atoms with van der Waals surface area (Å²) in [6, 6.07) is 14.6. The molecule has 0 fully saturated rings. The van der Waals surface area contributed by atoms with E-state index in [9.17, 15) is 4.79 Å². The Hall–Kier alpha value is -2.29. The molecular weight excluding hydrogens is 334 g/mol. The molecule has 1 aliphatic rings. The fourth-order valence-electron chi connectivity index (χ4n) is 3.78. The van der Waals surface area contributed by atoms with Crippen molar-refractivity contribution in [3.63, 3.8) is 0 Å². The van der Waals surface area contributed by atoms with Gasteiger partial charge in [-0.25, -0.2) is 0 Å². The first kappa shape index (κ1) is 19.5. The fraction of sp³-hybridized carbons (Fsp3) is 0.458. The lowest BCUT2D eigenvalue weighted by molar-refractivity contribution is -0.127. The smallest absolute Gasteiger partial charge is 0.232 e. The van der Waals surface area contributed by atoms with Crippen LogP contribution in [0.4, 0.5) is 5.69 Å². The van der Waals surface area contributed by atoms with Gasteiger partial charge in [-0.1, -0.05) is 44.2 Å². The molecule has 3 heteroatoms. The largest absolute Gasteiger partial charge is 0.493 e. The van der Waals surface area contributed by atoms with E-state index in [1.807, 2.05) is 11.0 Å². The van der Waals surface area contributed by atoms with Gasteiger partial charge in [-0.15, -0.1) is 0 Å². The van der Waals surface area contributed by atoms with Crippen molar-refractivity contribution in [1.82, 2.24) is 0 Å². The van der Waals surface area contributed by atoms with Crippen LogP contribution in [0.15, 0.2) is 42.5 Å². The van der Waals surface area contributed by atoms with E-state index in [0.29, 0.717) is 6.61 Å². The van der Waals surface area contributed by atoms with Crippen LogP contribution in [0, 0.1) is 19.3 Å². The van der Waals surface area contributed by atoms with Crippen molar-refractivity contribution in [2.24, 2.45) is 5.41 Å². The maximum absolute atomic E-state index is 13.2. The molecule has 2 aromatic carbocycles. The van der Waals surface area contributed by atoms with Gasteiger partial charge in [0.05, 0.1) is 6.61 Å². The van der Waals surface area contributed by atoms with E-state index in [0.717, 1.165) is 49.2 Å². The highest BCUT2D eigenvalue weighted by atomic mass is 16.5. The summed E-state index contributed by atoms with van der Waals surface area (Å²) in [5.74, 6) is 1.17. The van der Waals surface area contributed by atoms with Gasteiger partial charge < -0.3 is 9.64 Å². The number of ether oxygens (including phenoxy) is 1. The Morgan fingerprint density at radius 1 is 1.15 bits per heavy atom. The summed E-state index contributed by atoms with van der Waals surface area (Å²) in [4.78, 5) is 15.2. The summed E-state index contributed by atoms with van der Waals surface area (Å²) in [7, 11) is 0. The van der Waals surface area contributed by atoms with Crippen LogP contribution < -0.4 is 9.64 Å². The average molecular weight is 366 g/mol. The van der Waals surface area contributed by atoms with Crippen LogP contribution in [0.5, 0.6) is 5.75 Å². The quantitative estimate of drug-likeness (QED) is 0.636. The van der Waals surface area contributed by atoms with Crippen LogP contribution in [0.25, 0.3) is 0 Å². The first-order valence-corrected chi connectivity index (χ1v) is 9.98. The van der Waals surface area contributed by atoms with Gasteiger partial charge in [-0.05, 0) is 68.4 Å². The molecule has 0 radical (unpaired) electrons. The zero-order valence-corrected chi connectivity index (χ0v) is 17.0. The Morgan fingerprint density at radius 3 is 2.74 bits per heavy atom. The predicted molar refractivity (Wildman–Crippen MR) is 112 cm³/mol. The molecule has 27 heavy (non-hydrogen) atoms. The van der Waals surface area contributed by atoms with Crippen LogP contribution in [0.2, 0.25) is 0 Å². The molecule has 3 rings (SSSR count). The molecule has 1 aliphatic heterocycles. The van der Waals surface area contributed by atoms with Crippen molar-refractivity contribution in [3.8, 4) is 5.75 Å². The van der Waals surface area contributed by atoms with E-state index in [-0.39, 0.29) is 5.91 Å². The first-order valence-electron chi connectivity index (χ1n) is 9.98. The lowest BCUT2D eigenvalue weighted by Gasteiger charge is -2.35. The number of rotatable bonds is 6. The van der Waals surface area contributed by atoms with Crippen molar-refractivity contribution >= 4 is 11.6 Å². The van der Waals surface area contributed by atoms with Gasteiger partial charge in [-0.3, -0.25) is 4.79 Å². The number of amides is 1. The van der Waals surface area contributed by atoms with Gasteiger partial charge in [-0.2, -0.15) is 0 Å². The lowest BCUT2D eigenvalue weighted by Crippen LogP contribution is -2.43. The van der Waals surface area contributed by atoms with Crippen LogP contribution in [0.3, 0.4) is 0 Å². The molecule has 0 saturated heterocycles. The topological polar surface area (TPSA) is 29.5 Å². The third-order valence-electron chi connectivity index (χ3n) is 5.48. The molecular formula is C24H31NO2. The van der Waals surface area contributed by atoms with Crippen molar-refractivity contribution in [3.05, 3.63) is 59.2 Å². The molecule has 0 unspecified atom stereocenters. The van der Waals surface area contributed by atoms with Gasteiger partial charge >= 0.3 is 0 Å². The number of carbonyl (C=O) groups excluding carboxylic acids is 1. The van der Waals surface area contributed by atoms with E-state index in [4.69, 9.17) is 4.74 Å². The van der Waals surface area contributed by atoms with Crippen molar-refractivity contribution < 1.29 is 9.53 Å². The molecule has 3 nitrogen and oxygen atoms in total. The number of fused-ring (bicyclic) bond motifs is 1. The minimum Gasteiger partial charge on any atom is -0.493 e. The minimum absolute atomic E-state index is 0.224. The monoisotopic (exact) mass is 365 g/mol. The predicted octanol–water partition coefficient (Wildman–Crippen LogP) is 5.47. The molecule has 0 saturated carbocycles. The van der Waals surface area contributed by atoms with Crippen LogP contribution >= 0.6 is 0 Å². The summed E-state index contributed by atoms with van der Waals surface area (Å²) >= 11 is 0. The van der Waals surface area contributed by atoms with Gasteiger partial charge in [0.15, 0.2) is 0 Å². The van der Waals surface area contributed by atoms with Crippen molar-refractivity contribution in [2.45, 2.75) is 53.4 Å². The van der Waals surface area contributed by atoms with Crippen LogP contribution in [-0.2, 0) is 11.2 Å². The number of carbonyl (C=O) groups is 1. The second kappa shape index (κ2) is 8.16. The Labute approximate surface area is 163 Å². The molecule has 0 spiro atoms. The number of aryl methyl sites for hydroxylation is 3. The Morgan fingerprint density at radius 2 is 1.93 bits per heavy atom. The van der Waals surface area contributed by atoms with E-state index in [1.165, 1.54) is 11.1 Å². The second-order valence-corrected chi connectivity index (χ2v) is 8.29. The third kappa shape index (κ3) is 4.52. The van der Waals surface area contributed by atoms with Crippen molar-refractivity contribution in [2.75, 3.05) is 18.1 Å². The summed E-state index contributed by atoms with van der Waals surface area (Å²) in [5, 5.41) is 0. The molecule has 1 amide bonds. The molecule has 0 aliphatic carbocycles. The molecule has 144 valence electrons. The highest BCUT2D eigenvalue weighted by Gasteiger charge is 2.34. The highest BCUT2D eigenvalue weighted by molar-refractivity contribution is 5.98.